The van der Waals surface area contributed by atoms with E-state index in [2.05, 4.69) is 134 Å². The predicted molar refractivity (Wildman–Crippen MR) is 196 cm³/mol. The maximum Gasteiger partial charge on any atom is 0.183 e. The van der Waals surface area contributed by atoms with E-state index in [4.69, 9.17) is 10.1 Å². The molecule has 0 unspecified atom stereocenters. The molecule has 7 nitrogen and oxygen atoms in total. The first-order chi connectivity index (χ1) is 24.3. The van der Waals surface area contributed by atoms with Gasteiger partial charge in [-0.1, -0.05) is 66.7 Å². The average molecular weight is 630 g/mol. The molecule has 10 rings (SSSR count). The van der Waals surface area contributed by atoms with Crippen molar-refractivity contribution in [1.82, 2.24) is 33.9 Å². The molecule has 0 saturated heterocycles. The zero-order valence-electron chi connectivity index (χ0n) is 26.2. The summed E-state index contributed by atoms with van der Waals surface area (Å²) < 4.78 is 6.67. The lowest BCUT2D eigenvalue weighted by Gasteiger charge is -2.13. The standard InChI is InChI=1S/C42H27N7/c1-4-18-35-32(15-1)33-16-2-5-19-36(33)47(35)30-13-7-14-31(25-30)48-37-20-6-3-17-34(37)40-38(48)21-8-22-39(40)49-42(29-12-10-24-44-27-29)45-41(46-49)28-11-9-23-43-26-28/h1-27H. The van der Waals surface area contributed by atoms with Gasteiger partial charge in [-0.3, -0.25) is 9.97 Å². The van der Waals surface area contributed by atoms with E-state index >= 15 is 0 Å². The van der Waals surface area contributed by atoms with Crippen LogP contribution in [0.15, 0.2) is 164 Å². The molecular formula is C42H27N7. The van der Waals surface area contributed by atoms with Gasteiger partial charge < -0.3 is 9.13 Å². The predicted octanol–water partition coefficient (Wildman–Crippen LogP) is 9.59. The van der Waals surface area contributed by atoms with E-state index in [1.165, 1.54) is 21.8 Å². The fraction of sp³-hybridized carbons (Fsp3) is 0. The van der Waals surface area contributed by atoms with Gasteiger partial charge in [0.25, 0.3) is 0 Å². The normalized spacial score (nSPS) is 11.7. The second-order valence-electron chi connectivity index (χ2n) is 12.1. The first kappa shape index (κ1) is 27.3. The van der Waals surface area contributed by atoms with E-state index in [9.17, 15) is 0 Å². The minimum Gasteiger partial charge on any atom is -0.309 e. The molecule has 7 heteroatoms. The highest BCUT2D eigenvalue weighted by molar-refractivity contribution is 6.13. The molecular weight excluding hydrogens is 603 g/mol. The Hall–Kier alpha value is -6.86. The molecule has 0 saturated carbocycles. The fourth-order valence-corrected chi connectivity index (χ4v) is 7.21. The Morgan fingerprint density at radius 2 is 1.00 bits per heavy atom. The number of hydrogen-bond acceptors (Lipinski definition) is 4. The summed E-state index contributed by atoms with van der Waals surface area (Å²) in [6.45, 7) is 0. The minimum absolute atomic E-state index is 0.603. The Kier molecular flexibility index (Phi) is 6.04. The number of para-hydroxylation sites is 3. The summed E-state index contributed by atoms with van der Waals surface area (Å²) in [6.07, 6.45) is 7.16. The van der Waals surface area contributed by atoms with Gasteiger partial charge in [0.15, 0.2) is 11.6 Å². The van der Waals surface area contributed by atoms with Gasteiger partial charge in [-0.2, -0.15) is 0 Å². The van der Waals surface area contributed by atoms with Crippen LogP contribution in [0.3, 0.4) is 0 Å². The van der Waals surface area contributed by atoms with E-state index in [1.54, 1.807) is 18.6 Å². The third kappa shape index (κ3) is 4.22. The second kappa shape index (κ2) is 10.9. The molecule has 10 aromatic rings. The Balaban J connectivity index is 1.23. The van der Waals surface area contributed by atoms with E-state index in [0.717, 1.165) is 50.0 Å². The maximum atomic E-state index is 5.10. The van der Waals surface area contributed by atoms with Crippen molar-refractivity contribution in [3.05, 3.63) is 164 Å². The van der Waals surface area contributed by atoms with Gasteiger partial charge in [0.1, 0.15) is 0 Å². The smallest absolute Gasteiger partial charge is 0.183 e. The van der Waals surface area contributed by atoms with Crippen LogP contribution in [0.2, 0.25) is 0 Å². The lowest BCUT2D eigenvalue weighted by atomic mass is 10.1. The number of pyridine rings is 2. The van der Waals surface area contributed by atoms with E-state index in [-0.39, 0.29) is 0 Å². The van der Waals surface area contributed by atoms with E-state index in [0.29, 0.717) is 11.6 Å². The molecule has 0 N–H and O–H groups in total. The summed E-state index contributed by atoms with van der Waals surface area (Å²) in [7, 11) is 0. The van der Waals surface area contributed by atoms with Crippen LogP contribution >= 0.6 is 0 Å². The highest BCUT2D eigenvalue weighted by Crippen LogP contribution is 2.38. The molecule has 5 heterocycles. The average Bonchev–Trinajstić information content (AvgIpc) is 3.87. The molecule has 0 fully saturated rings. The SMILES string of the molecule is c1cncc(-c2nc(-c3cccnc3)n(-c3cccc4c3c3ccccc3n4-c3cccc(-n4c5ccccc5c5ccccc54)c3)n2)c1. The molecule has 230 valence electrons. The Labute approximate surface area is 281 Å². The number of fused-ring (bicyclic) bond motifs is 6. The first-order valence-electron chi connectivity index (χ1n) is 16.2. The van der Waals surface area contributed by atoms with Crippen molar-refractivity contribution in [3.63, 3.8) is 0 Å². The fourth-order valence-electron chi connectivity index (χ4n) is 7.21. The van der Waals surface area contributed by atoms with Crippen LogP contribution in [0, 0.1) is 0 Å². The Morgan fingerprint density at radius 3 is 1.65 bits per heavy atom. The van der Waals surface area contributed by atoms with Crippen LogP contribution in [0.1, 0.15) is 0 Å². The highest BCUT2D eigenvalue weighted by Gasteiger charge is 2.21. The van der Waals surface area contributed by atoms with Crippen LogP contribution in [0.25, 0.3) is 83.4 Å². The van der Waals surface area contributed by atoms with Crippen LogP contribution in [-0.4, -0.2) is 33.9 Å². The third-order valence-corrected chi connectivity index (χ3v) is 9.28. The molecule has 0 aliphatic carbocycles. The molecule has 5 aromatic heterocycles. The number of hydrogen-bond donors (Lipinski definition) is 0. The van der Waals surface area contributed by atoms with Crippen LogP contribution in [-0.2, 0) is 0 Å². The van der Waals surface area contributed by atoms with Crippen molar-refractivity contribution >= 4 is 43.6 Å². The van der Waals surface area contributed by atoms with Crippen molar-refractivity contribution in [2.45, 2.75) is 0 Å². The van der Waals surface area contributed by atoms with E-state index in [1.807, 2.05) is 35.1 Å². The second-order valence-corrected chi connectivity index (χ2v) is 12.1. The maximum absolute atomic E-state index is 5.10. The van der Waals surface area contributed by atoms with Gasteiger partial charge in [0.05, 0.1) is 27.8 Å². The van der Waals surface area contributed by atoms with Crippen molar-refractivity contribution in [2.75, 3.05) is 0 Å². The largest absolute Gasteiger partial charge is 0.309 e. The molecule has 0 amide bonds. The Bertz CT molecular complexity index is 2770. The van der Waals surface area contributed by atoms with Crippen LogP contribution in [0.4, 0.5) is 0 Å². The molecule has 0 bridgehead atoms. The first-order valence-corrected chi connectivity index (χ1v) is 16.2. The summed E-state index contributed by atoms with van der Waals surface area (Å²) in [6, 6.07) is 48.9. The lowest BCUT2D eigenvalue weighted by Crippen LogP contribution is -2.01. The molecule has 0 aliphatic heterocycles. The summed E-state index contributed by atoms with van der Waals surface area (Å²) >= 11 is 0. The molecule has 5 aromatic carbocycles. The number of nitrogens with zero attached hydrogens (tertiary/aromatic N) is 7. The monoisotopic (exact) mass is 629 g/mol. The van der Waals surface area contributed by atoms with Crippen molar-refractivity contribution in [3.8, 4) is 39.8 Å². The van der Waals surface area contributed by atoms with Gasteiger partial charge >= 0.3 is 0 Å². The number of rotatable bonds is 5. The zero-order valence-corrected chi connectivity index (χ0v) is 26.2. The Morgan fingerprint density at radius 1 is 0.449 bits per heavy atom. The van der Waals surface area contributed by atoms with Crippen molar-refractivity contribution in [2.24, 2.45) is 0 Å². The molecule has 0 aliphatic rings. The van der Waals surface area contributed by atoms with Gasteiger partial charge in [0, 0.05) is 68.8 Å². The minimum atomic E-state index is 0.603. The molecule has 0 spiro atoms. The van der Waals surface area contributed by atoms with E-state index < -0.39 is 0 Å². The summed E-state index contributed by atoms with van der Waals surface area (Å²) in [5.74, 6) is 1.32. The molecule has 0 radical (unpaired) electrons. The summed E-state index contributed by atoms with van der Waals surface area (Å²) in [4.78, 5) is 13.8. The van der Waals surface area contributed by atoms with Gasteiger partial charge in [-0.15, -0.1) is 5.10 Å². The topological polar surface area (TPSA) is 66.3 Å². The quantitative estimate of drug-likeness (QED) is 0.190. The molecule has 0 atom stereocenters. The van der Waals surface area contributed by atoms with Crippen molar-refractivity contribution < 1.29 is 0 Å². The molecule has 49 heavy (non-hydrogen) atoms. The summed E-state index contributed by atoms with van der Waals surface area (Å²) in [5.41, 5.74) is 9.40. The number of aromatic nitrogens is 7. The third-order valence-electron chi connectivity index (χ3n) is 9.28. The zero-order chi connectivity index (χ0) is 32.3. The summed E-state index contributed by atoms with van der Waals surface area (Å²) in [5, 5.41) is 9.81. The van der Waals surface area contributed by atoms with Crippen LogP contribution < -0.4 is 0 Å². The van der Waals surface area contributed by atoms with Crippen molar-refractivity contribution in [1.29, 1.82) is 0 Å². The van der Waals surface area contributed by atoms with Gasteiger partial charge in [0.2, 0.25) is 0 Å². The van der Waals surface area contributed by atoms with Crippen LogP contribution in [0.5, 0.6) is 0 Å². The van der Waals surface area contributed by atoms with Gasteiger partial charge in [-0.25, -0.2) is 9.67 Å². The lowest BCUT2D eigenvalue weighted by molar-refractivity contribution is 0.897. The van der Waals surface area contributed by atoms with Gasteiger partial charge in [-0.05, 0) is 72.8 Å². The highest BCUT2D eigenvalue weighted by atomic mass is 15.4. The number of benzene rings is 5.